The van der Waals surface area contributed by atoms with Gasteiger partial charge in [0.15, 0.2) is 11.6 Å². The Kier molecular flexibility index (Phi) is 7.07. The summed E-state index contributed by atoms with van der Waals surface area (Å²) in [6.45, 7) is 1.22. The fourth-order valence-corrected chi connectivity index (χ4v) is 2.31. The zero-order chi connectivity index (χ0) is 18.1. The van der Waals surface area contributed by atoms with E-state index in [4.69, 9.17) is 9.47 Å². The first kappa shape index (κ1) is 18.6. The van der Waals surface area contributed by atoms with Crippen molar-refractivity contribution in [2.75, 3.05) is 27.3 Å². The van der Waals surface area contributed by atoms with E-state index in [1.807, 2.05) is 24.3 Å². The first-order chi connectivity index (χ1) is 12.1. The molecule has 0 saturated heterocycles. The van der Waals surface area contributed by atoms with E-state index in [1.165, 1.54) is 6.07 Å². The highest BCUT2D eigenvalue weighted by molar-refractivity contribution is 5.73. The number of carbonyl (C=O) groups excluding carboxylic acids is 1. The molecule has 2 amide bonds. The van der Waals surface area contributed by atoms with E-state index in [1.54, 1.807) is 37.3 Å². The monoisotopic (exact) mass is 346 g/mol. The molecule has 25 heavy (non-hydrogen) atoms. The first-order valence-electron chi connectivity index (χ1n) is 8.10. The van der Waals surface area contributed by atoms with Crippen LogP contribution in [0.1, 0.15) is 12.0 Å². The van der Waals surface area contributed by atoms with Crippen LogP contribution in [0, 0.1) is 5.82 Å². The minimum atomic E-state index is -0.386. The Morgan fingerprint density at radius 1 is 1.12 bits per heavy atom. The molecule has 5 nitrogen and oxygen atoms in total. The number of para-hydroxylation sites is 2. The summed E-state index contributed by atoms with van der Waals surface area (Å²) in [6.07, 6.45) is 0.586. The van der Waals surface area contributed by atoms with Crippen LogP contribution in [0.5, 0.6) is 11.5 Å². The van der Waals surface area contributed by atoms with Gasteiger partial charge in [0.25, 0.3) is 0 Å². The Hall–Kier alpha value is -2.76. The number of ether oxygens (including phenoxy) is 2. The number of halogens is 1. The van der Waals surface area contributed by atoms with E-state index in [9.17, 15) is 9.18 Å². The summed E-state index contributed by atoms with van der Waals surface area (Å²) in [5.74, 6) is 0.589. The standard InChI is InChI=1S/C19H23FN2O3/c1-22(14-15-8-3-5-10-17(15)24-2)19(23)21-12-7-13-25-18-11-6-4-9-16(18)20/h3-6,8-11H,7,12-14H2,1-2H3,(H,21,23). The lowest BCUT2D eigenvalue weighted by atomic mass is 10.2. The van der Waals surface area contributed by atoms with Gasteiger partial charge in [-0.1, -0.05) is 30.3 Å². The number of carbonyl (C=O) groups is 1. The van der Waals surface area contributed by atoms with Crippen LogP contribution in [0.15, 0.2) is 48.5 Å². The number of urea groups is 1. The molecule has 0 aliphatic rings. The van der Waals surface area contributed by atoms with Gasteiger partial charge in [0.05, 0.1) is 20.3 Å². The zero-order valence-electron chi connectivity index (χ0n) is 14.5. The summed E-state index contributed by atoms with van der Waals surface area (Å²) >= 11 is 0. The molecule has 0 radical (unpaired) electrons. The molecule has 0 aliphatic heterocycles. The van der Waals surface area contributed by atoms with Gasteiger partial charge in [-0.05, 0) is 24.6 Å². The number of nitrogens with zero attached hydrogens (tertiary/aromatic N) is 1. The topological polar surface area (TPSA) is 50.8 Å². The van der Waals surface area contributed by atoms with Gasteiger partial charge in [0, 0.05) is 19.2 Å². The van der Waals surface area contributed by atoms with Crippen LogP contribution in [-0.2, 0) is 6.54 Å². The summed E-state index contributed by atoms with van der Waals surface area (Å²) in [5, 5.41) is 2.81. The molecule has 0 saturated carbocycles. The van der Waals surface area contributed by atoms with Crippen molar-refractivity contribution in [2.24, 2.45) is 0 Å². The second-order valence-electron chi connectivity index (χ2n) is 5.53. The predicted octanol–water partition coefficient (Wildman–Crippen LogP) is 3.44. The van der Waals surface area contributed by atoms with Crippen molar-refractivity contribution in [1.29, 1.82) is 0 Å². The molecule has 0 heterocycles. The van der Waals surface area contributed by atoms with Gasteiger partial charge in [-0.2, -0.15) is 0 Å². The smallest absolute Gasteiger partial charge is 0.317 e. The Bertz CT molecular complexity index is 694. The molecular weight excluding hydrogens is 323 g/mol. The number of amides is 2. The summed E-state index contributed by atoms with van der Waals surface area (Å²) in [4.78, 5) is 13.7. The van der Waals surface area contributed by atoms with Gasteiger partial charge in [-0.3, -0.25) is 0 Å². The fourth-order valence-electron chi connectivity index (χ4n) is 2.31. The van der Waals surface area contributed by atoms with E-state index in [0.29, 0.717) is 26.1 Å². The SMILES string of the molecule is COc1ccccc1CN(C)C(=O)NCCCOc1ccccc1F. The second kappa shape index (κ2) is 9.52. The summed E-state index contributed by atoms with van der Waals surface area (Å²) < 4.78 is 24.0. The maximum atomic E-state index is 13.4. The lowest BCUT2D eigenvalue weighted by Gasteiger charge is -2.19. The molecule has 2 aromatic rings. The van der Waals surface area contributed by atoms with Gasteiger partial charge in [0.2, 0.25) is 0 Å². The minimum Gasteiger partial charge on any atom is -0.496 e. The summed E-state index contributed by atoms with van der Waals surface area (Å²) in [7, 11) is 3.33. The van der Waals surface area contributed by atoms with Gasteiger partial charge >= 0.3 is 6.03 Å². The lowest BCUT2D eigenvalue weighted by molar-refractivity contribution is 0.205. The van der Waals surface area contributed by atoms with Crippen LogP contribution in [-0.4, -0.2) is 38.2 Å². The maximum Gasteiger partial charge on any atom is 0.317 e. The van der Waals surface area contributed by atoms with Crippen molar-refractivity contribution in [3.05, 3.63) is 59.9 Å². The van der Waals surface area contributed by atoms with E-state index in [-0.39, 0.29) is 17.6 Å². The Labute approximate surface area is 147 Å². The van der Waals surface area contributed by atoms with Crippen molar-refractivity contribution < 1.29 is 18.7 Å². The molecule has 0 bridgehead atoms. The van der Waals surface area contributed by atoms with Crippen LogP contribution in [0.25, 0.3) is 0 Å². The zero-order valence-corrected chi connectivity index (χ0v) is 14.5. The third-order valence-electron chi connectivity index (χ3n) is 3.64. The second-order valence-corrected chi connectivity index (χ2v) is 5.53. The Balaban J connectivity index is 1.70. The normalized spacial score (nSPS) is 10.2. The maximum absolute atomic E-state index is 13.4. The largest absolute Gasteiger partial charge is 0.496 e. The van der Waals surface area contributed by atoms with Gasteiger partial charge in [-0.15, -0.1) is 0 Å². The Morgan fingerprint density at radius 2 is 1.80 bits per heavy atom. The van der Waals surface area contributed by atoms with Crippen molar-refractivity contribution in [1.82, 2.24) is 10.2 Å². The van der Waals surface area contributed by atoms with Crippen molar-refractivity contribution >= 4 is 6.03 Å². The molecule has 2 aromatic carbocycles. The molecule has 6 heteroatoms. The van der Waals surface area contributed by atoms with E-state index in [0.717, 1.165) is 11.3 Å². The van der Waals surface area contributed by atoms with Gasteiger partial charge in [0.1, 0.15) is 5.75 Å². The van der Waals surface area contributed by atoms with Crippen LogP contribution in [0.4, 0.5) is 9.18 Å². The molecule has 0 aliphatic carbocycles. The average molecular weight is 346 g/mol. The number of rotatable bonds is 8. The van der Waals surface area contributed by atoms with Crippen LogP contribution in [0.2, 0.25) is 0 Å². The van der Waals surface area contributed by atoms with Crippen LogP contribution < -0.4 is 14.8 Å². The third kappa shape index (κ3) is 5.67. The molecule has 0 spiro atoms. The highest BCUT2D eigenvalue weighted by Crippen LogP contribution is 2.18. The molecule has 0 atom stereocenters. The van der Waals surface area contributed by atoms with Gasteiger partial charge < -0.3 is 19.7 Å². The van der Waals surface area contributed by atoms with Gasteiger partial charge in [-0.25, -0.2) is 9.18 Å². The third-order valence-corrected chi connectivity index (χ3v) is 3.64. The highest BCUT2D eigenvalue weighted by Gasteiger charge is 2.11. The molecule has 0 unspecified atom stereocenters. The summed E-state index contributed by atoms with van der Waals surface area (Å²) in [6, 6.07) is 13.6. The first-order valence-corrected chi connectivity index (χ1v) is 8.10. The highest BCUT2D eigenvalue weighted by atomic mass is 19.1. The molecule has 134 valence electrons. The Morgan fingerprint density at radius 3 is 2.52 bits per heavy atom. The molecule has 0 aromatic heterocycles. The van der Waals surface area contributed by atoms with E-state index < -0.39 is 0 Å². The fraction of sp³-hybridized carbons (Fsp3) is 0.316. The predicted molar refractivity (Wildman–Crippen MR) is 94.4 cm³/mol. The number of hydrogen-bond donors (Lipinski definition) is 1. The van der Waals surface area contributed by atoms with Crippen molar-refractivity contribution in [3.8, 4) is 11.5 Å². The number of benzene rings is 2. The molecule has 2 rings (SSSR count). The summed E-state index contributed by atoms with van der Waals surface area (Å²) in [5.41, 5.74) is 0.936. The van der Waals surface area contributed by atoms with Crippen LogP contribution >= 0.6 is 0 Å². The van der Waals surface area contributed by atoms with E-state index in [2.05, 4.69) is 5.32 Å². The van der Waals surface area contributed by atoms with Crippen molar-refractivity contribution in [3.63, 3.8) is 0 Å². The minimum absolute atomic E-state index is 0.184. The van der Waals surface area contributed by atoms with Crippen LogP contribution in [0.3, 0.4) is 0 Å². The molecular formula is C19H23FN2O3. The average Bonchev–Trinajstić information content (AvgIpc) is 2.63. The molecule has 1 N–H and O–H groups in total. The number of methoxy groups -OCH3 is 1. The lowest BCUT2D eigenvalue weighted by Crippen LogP contribution is -2.37. The number of hydrogen-bond acceptors (Lipinski definition) is 3. The molecule has 0 fully saturated rings. The number of nitrogens with one attached hydrogen (secondary N) is 1. The van der Waals surface area contributed by atoms with Crippen molar-refractivity contribution in [2.45, 2.75) is 13.0 Å². The quantitative estimate of drug-likeness (QED) is 0.745. The van der Waals surface area contributed by atoms with E-state index >= 15 is 0 Å².